The summed E-state index contributed by atoms with van der Waals surface area (Å²) in [6, 6.07) is 7.99. The van der Waals surface area contributed by atoms with Gasteiger partial charge < -0.3 is 0 Å². The van der Waals surface area contributed by atoms with Gasteiger partial charge in [-0.2, -0.15) is 13.2 Å². The number of aldehydes is 1. The lowest BCUT2D eigenvalue weighted by atomic mass is 10.0. The average molecular weight is 251 g/mol. The number of carbonyl (C=O) groups excluding carboxylic acids is 1. The predicted molar refractivity (Wildman–Crippen MR) is 60.1 cm³/mol. The lowest BCUT2D eigenvalue weighted by Gasteiger charge is -2.12. The Morgan fingerprint density at radius 3 is 2.44 bits per heavy atom. The molecule has 92 valence electrons. The molecule has 0 amide bonds. The van der Waals surface area contributed by atoms with E-state index in [2.05, 4.69) is 4.98 Å². The quantitative estimate of drug-likeness (QED) is 0.763. The number of rotatable bonds is 2. The van der Waals surface area contributed by atoms with Crippen LogP contribution in [0.1, 0.15) is 15.9 Å². The van der Waals surface area contributed by atoms with Crippen molar-refractivity contribution in [3.63, 3.8) is 0 Å². The number of halogens is 3. The lowest BCUT2D eigenvalue weighted by molar-refractivity contribution is -0.137. The molecule has 0 bridgehead atoms. The van der Waals surface area contributed by atoms with Crippen LogP contribution in [0.4, 0.5) is 13.2 Å². The number of aromatic nitrogens is 1. The first kappa shape index (κ1) is 12.3. The van der Waals surface area contributed by atoms with Gasteiger partial charge in [0.2, 0.25) is 0 Å². The van der Waals surface area contributed by atoms with Crippen molar-refractivity contribution >= 4 is 6.29 Å². The SMILES string of the molecule is O=Cc1cccnc1-c1ccccc1C(F)(F)F. The van der Waals surface area contributed by atoms with Crippen LogP contribution >= 0.6 is 0 Å². The van der Waals surface area contributed by atoms with Crippen LogP contribution in [0.15, 0.2) is 42.6 Å². The van der Waals surface area contributed by atoms with Crippen molar-refractivity contribution in [1.29, 1.82) is 0 Å². The lowest BCUT2D eigenvalue weighted by Crippen LogP contribution is -2.08. The Balaban J connectivity index is 2.68. The van der Waals surface area contributed by atoms with Crippen LogP contribution in [0.5, 0.6) is 0 Å². The van der Waals surface area contributed by atoms with E-state index in [1.54, 1.807) is 0 Å². The van der Waals surface area contributed by atoms with E-state index in [0.717, 1.165) is 6.07 Å². The Labute approximate surface area is 101 Å². The van der Waals surface area contributed by atoms with Crippen molar-refractivity contribution in [3.8, 4) is 11.3 Å². The first-order chi connectivity index (χ1) is 8.54. The van der Waals surface area contributed by atoms with Gasteiger partial charge in [0.05, 0.1) is 11.3 Å². The third kappa shape index (κ3) is 2.25. The molecule has 0 spiro atoms. The van der Waals surface area contributed by atoms with Gasteiger partial charge in [-0.1, -0.05) is 18.2 Å². The predicted octanol–water partition coefficient (Wildman–Crippen LogP) is 3.58. The maximum absolute atomic E-state index is 12.9. The van der Waals surface area contributed by atoms with Gasteiger partial charge in [0.15, 0.2) is 6.29 Å². The van der Waals surface area contributed by atoms with Gasteiger partial charge in [-0.05, 0) is 18.2 Å². The minimum atomic E-state index is -4.48. The van der Waals surface area contributed by atoms with Gasteiger partial charge in [-0.3, -0.25) is 9.78 Å². The van der Waals surface area contributed by atoms with E-state index in [9.17, 15) is 18.0 Å². The van der Waals surface area contributed by atoms with Gasteiger partial charge in [0.1, 0.15) is 0 Å². The fourth-order valence-corrected chi connectivity index (χ4v) is 1.67. The number of nitrogens with zero attached hydrogens (tertiary/aromatic N) is 1. The second-order valence-corrected chi connectivity index (χ2v) is 3.60. The summed E-state index contributed by atoms with van der Waals surface area (Å²) in [6.45, 7) is 0. The molecule has 1 aromatic heterocycles. The molecule has 0 aliphatic carbocycles. The molecule has 2 aromatic rings. The minimum Gasteiger partial charge on any atom is -0.298 e. The van der Waals surface area contributed by atoms with Gasteiger partial charge >= 0.3 is 6.18 Å². The second-order valence-electron chi connectivity index (χ2n) is 3.60. The van der Waals surface area contributed by atoms with E-state index in [4.69, 9.17) is 0 Å². The third-order valence-corrected chi connectivity index (χ3v) is 2.45. The topological polar surface area (TPSA) is 30.0 Å². The van der Waals surface area contributed by atoms with Gasteiger partial charge in [-0.25, -0.2) is 0 Å². The van der Waals surface area contributed by atoms with E-state index in [1.807, 2.05) is 0 Å². The second kappa shape index (κ2) is 4.60. The summed E-state index contributed by atoms with van der Waals surface area (Å²) in [6.07, 6.45) is -2.63. The summed E-state index contributed by atoms with van der Waals surface area (Å²) in [5, 5.41) is 0. The molecule has 0 unspecified atom stereocenters. The Kier molecular flexibility index (Phi) is 3.14. The van der Waals surface area contributed by atoms with Crippen molar-refractivity contribution in [2.24, 2.45) is 0 Å². The van der Waals surface area contributed by atoms with Crippen LogP contribution in [0.2, 0.25) is 0 Å². The molecule has 0 aliphatic heterocycles. The molecule has 1 aromatic carbocycles. The Hall–Kier alpha value is -2.17. The Bertz CT molecular complexity index is 578. The fourth-order valence-electron chi connectivity index (χ4n) is 1.67. The molecule has 0 atom stereocenters. The molecule has 0 saturated carbocycles. The molecule has 0 fully saturated rings. The zero-order valence-electron chi connectivity index (χ0n) is 9.11. The Morgan fingerprint density at radius 1 is 1.06 bits per heavy atom. The number of pyridine rings is 1. The van der Waals surface area contributed by atoms with Crippen molar-refractivity contribution in [1.82, 2.24) is 4.98 Å². The summed E-state index contributed by atoms with van der Waals surface area (Å²) in [4.78, 5) is 14.7. The monoisotopic (exact) mass is 251 g/mol. The Morgan fingerprint density at radius 2 is 1.78 bits per heavy atom. The van der Waals surface area contributed by atoms with Crippen LogP contribution < -0.4 is 0 Å². The zero-order valence-corrected chi connectivity index (χ0v) is 9.11. The summed E-state index contributed by atoms with van der Waals surface area (Å²) in [7, 11) is 0. The first-order valence-corrected chi connectivity index (χ1v) is 5.11. The molecule has 0 N–H and O–H groups in total. The highest BCUT2D eigenvalue weighted by Crippen LogP contribution is 2.36. The highest BCUT2D eigenvalue weighted by Gasteiger charge is 2.34. The normalized spacial score (nSPS) is 11.3. The summed E-state index contributed by atoms with van der Waals surface area (Å²) in [5.41, 5.74) is -0.714. The van der Waals surface area contributed by atoms with Crippen molar-refractivity contribution < 1.29 is 18.0 Å². The van der Waals surface area contributed by atoms with Crippen LogP contribution in [0.25, 0.3) is 11.3 Å². The molecule has 1 heterocycles. The van der Waals surface area contributed by atoms with E-state index in [1.165, 1.54) is 36.5 Å². The van der Waals surface area contributed by atoms with Crippen LogP contribution in [0.3, 0.4) is 0 Å². The van der Waals surface area contributed by atoms with Gasteiger partial charge in [-0.15, -0.1) is 0 Å². The molecular weight excluding hydrogens is 243 g/mol. The van der Waals surface area contributed by atoms with E-state index in [0.29, 0.717) is 6.29 Å². The fraction of sp³-hybridized carbons (Fsp3) is 0.0769. The van der Waals surface area contributed by atoms with Crippen molar-refractivity contribution in [3.05, 3.63) is 53.7 Å². The van der Waals surface area contributed by atoms with Crippen molar-refractivity contribution in [2.75, 3.05) is 0 Å². The number of benzene rings is 1. The molecule has 0 radical (unpaired) electrons. The average Bonchev–Trinajstić information content (AvgIpc) is 2.37. The smallest absolute Gasteiger partial charge is 0.298 e. The molecular formula is C13H8F3NO. The van der Waals surface area contributed by atoms with E-state index in [-0.39, 0.29) is 16.8 Å². The van der Waals surface area contributed by atoms with Gasteiger partial charge in [0, 0.05) is 17.3 Å². The molecule has 18 heavy (non-hydrogen) atoms. The van der Waals surface area contributed by atoms with Crippen LogP contribution in [-0.2, 0) is 6.18 Å². The highest BCUT2D eigenvalue weighted by atomic mass is 19.4. The largest absolute Gasteiger partial charge is 0.417 e. The molecule has 5 heteroatoms. The summed E-state index contributed by atoms with van der Waals surface area (Å²) >= 11 is 0. The number of alkyl halides is 3. The number of carbonyl (C=O) groups is 1. The maximum atomic E-state index is 12.9. The molecule has 0 saturated heterocycles. The maximum Gasteiger partial charge on any atom is 0.417 e. The number of hydrogen-bond donors (Lipinski definition) is 0. The zero-order chi connectivity index (χ0) is 13.2. The summed E-state index contributed by atoms with van der Waals surface area (Å²) in [5.74, 6) is 0. The summed E-state index contributed by atoms with van der Waals surface area (Å²) < 4.78 is 38.6. The molecule has 0 aliphatic rings. The van der Waals surface area contributed by atoms with E-state index >= 15 is 0 Å². The van der Waals surface area contributed by atoms with Crippen LogP contribution in [0, 0.1) is 0 Å². The first-order valence-electron chi connectivity index (χ1n) is 5.11. The van der Waals surface area contributed by atoms with Crippen LogP contribution in [-0.4, -0.2) is 11.3 Å². The number of hydrogen-bond acceptors (Lipinski definition) is 2. The third-order valence-electron chi connectivity index (χ3n) is 2.45. The van der Waals surface area contributed by atoms with Crippen molar-refractivity contribution in [2.45, 2.75) is 6.18 Å². The minimum absolute atomic E-state index is 0.0421. The molecule has 2 rings (SSSR count). The van der Waals surface area contributed by atoms with E-state index < -0.39 is 11.7 Å². The highest BCUT2D eigenvalue weighted by molar-refractivity contribution is 5.86. The van der Waals surface area contributed by atoms with Gasteiger partial charge in [0.25, 0.3) is 0 Å². The standard InChI is InChI=1S/C13H8F3NO/c14-13(15,16)11-6-2-1-5-10(11)12-9(8-18)4-3-7-17-12/h1-8H. The molecule has 2 nitrogen and oxygen atoms in total.